The van der Waals surface area contributed by atoms with Gasteiger partial charge in [-0.3, -0.25) is 9.36 Å². The third-order valence-electron chi connectivity index (χ3n) is 5.24. The van der Waals surface area contributed by atoms with E-state index in [1.807, 2.05) is 6.92 Å². The second-order valence-corrected chi connectivity index (χ2v) is 7.83. The molecule has 1 N–H and O–H groups in total. The highest BCUT2D eigenvalue weighted by Gasteiger charge is 2.03. The maximum atomic E-state index is 11.8. The zero-order valence-corrected chi connectivity index (χ0v) is 17.3. The van der Waals surface area contributed by atoms with Crippen LogP contribution < -0.4 is 5.56 Å². The Kier molecular flexibility index (Phi) is 13.0. The highest BCUT2D eigenvalue weighted by molar-refractivity contribution is 5.19. The summed E-state index contributed by atoms with van der Waals surface area (Å²) in [6.07, 6.45) is 20.0. The van der Waals surface area contributed by atoms with Crippen LogP contribution in [0.2, 0.25) is 0 Å². The molecule has 1 heterocycles. The van der Waals surface area contributed by atoms with Crippen LogP contribution in [0.1, 0.15) is 109 Å². The zero-order chi connectivity index (χ0) is 19.0. The van der Waals surface area contributed by atoms with E-state index < -0.39 is 0 Å². The third kappa shape index (κ3) is 10.7. The number of aromatic nitrogens is 1. The van der Waals surface area contributed by atoms with Gasteiger partial charge in [0.15, 0.2) is 5.88 Å². The van der Waals surface area contributed by atoms with E-state index in [9.17, 15) is 9.90 Å². The van der Waals surface area contributed by atoms with Gasteiger partial charge in [0.05, 0.1) is 0 Å². The van der Waals surface area contributed by atoms with E-state index in [1.165, 1.54) is 88.0 Å². The van der Waals surface area contributed by atoms with Crippen molar-refractivity contribution < 1.29 is 5.11 Å². The Morgan fingerprint density at radius 2 is 1.15 bits per heavy atom. The summed E-state index contributed by atoms with van der Waals surface area (Å²) in [7, 11) is 0. The summed E-state index contributed by atoms with van der Waals surface area (Å²) in [6.45, 7) is 4.73. The molecular weight excluding hydrogens is 322 g/mol. The van der Waals surface area contributed by atoms with Gasteiger partial charge in [0.1, 0.15) is 0 Å². The molecule has 1 aromatic rings. The van der Waals surface area contributed by atoms with Crippen LogP contribution in [0.15, 0.2) is 16.9 Å². The van der Waals surface area contributed by atoms with E-state index in [2.05, 4.69) is 6.92 Å². The Morgan fingerprint density at radius 1 is 0.731 bits per heavy atom. The highest BCUT2D eigenvalue weighted by Crippen LogP contribution is 2.14. The summed E-state index contributed by atoms with van der Waals surface area (Å²) in [5.74, 6) is 0.0976. The summed E-state index contributed by atoms with van der Waals surface area (Å²) >= 11 is 0. The first-order chi connectivity index (χ1) is 12.6. The van der Waals surface area contributed by atoms with Gasteiger partial charge in [-0.2, -0.15) is 0 Å². The molecule has 0 saturated carbocycles. The fourth-order valence-electron chi connectivity index (χ4n) is 3.57. The highest BCUT2D eigenvalue weighted by atomic mass is 16.3. The molecule has 0 aliphatic rings. The minimum atomic E-state index is -0.0899. The number of unbranched alkanes of at least 4 members (excludes halogenated alkanes) is 14. The number of rotatable bonds is 16. The predicted molar refractivity (Wildman–Crippen MR) is 112 cm³/mol. The van der Waals surface area contributed by atoms with Crippen LogP contribution in [0.4, 0.5) is 0 Å². The molecule has 0 aromatic carbocycles. The van der Waals surface area contributed by atoms with Gasteiger partial charge in [0.25, 0.3) is 5.56 Å². The van der Waals surface area contributed by atoms with Crippen LogP contribution >= 0.6 is 0 Å². The first kappa shape index (κ1) is 22.8. The van der Waals surface area contributed by atoms with Crippen LogP contribution in [0.5, 0.6) is 5.88 Å². The number of nitrogens with zero attached hydrogens (tertiary/aromatic N) is 1. The average molecular weight is 364 g/mol. The molecule has 0 radical (unpaired) electrons. The van der Waals surface area contributed by atoms with Crippen molar-refractivity contribution in [3.63, 3.8) is 0 Å². The van der Waals surface area contributed by atoms with Crippen LogP contribution in [0.3, 0.4) is 0 Å². The van der Waals surface area contributed by atoms with Crippen molar-refractivity contribution in [3.8, 4) is 5.88 Å². The molecule has 0 bridgehead atoms. The zero-order valence-electron chi connectivity index (χ0n) is 17.3. The summed E-state index contributed by atoms with van der Waals surface area (Å²) in [5, 5.41) is 9.85. The van der Waals surface area contributed by atoms with Gasteiger partial charge in [-0.05, 0) is 18.9 Å². The summed E-state index contributed by atoms with van der Waals surface area (Å²) < 4.78 is 1.48. The number of aryl methyl sites for hydroxylation is 1. The van der Waals surface area contributed by atoms with Crippen LogP contribution in [0, 0.1) is 6.92 Å². The van der Waals surface area contributed by atoms with Crippen molar-refractivity contribution >= 4 is 0 Å². The quantitative estimate of drug-likeness (QED) is 0.331. The molecule has 150 valence electrons. The first-order valence-electron chi connectivity index (χ1n) is 11.1. The minimum Gasteiger partial charge on any atom is -0.494 e. The molecule has 0 spiro atoms. The van der Waals surface area contributed by atoms with E-state index in [4.69, 9.17) is 0 Å². The standard InChI is InChI=1S/C23H41NO2/c1-3-4-5-6-7-8-9-10-11-12-13-14-15-16-17-18-24-22(25)19-21(2)20-23(24)26/h19-20,25H,3-18H2,1-2H3. The van der Waals surface area contributed by atoms with E-state index in [-0.39, 0.29) is 11.4 Å². The molecule has 0 aliphatic carbocycles. The molecule has 0 fully saturated rings. The lowest BCUT2D eigenvalue weighted by Gasteiger charge is -2.08. The smallest absolute Gasteiger partial charge is 0.253 e. The molecular formula is C23H41NO2. The Hall–Kier alpha value is -1.25. The molecule has 1 rings (SSSR count). The molecule has 0 saturated heterocycles. The molecule has 0 unspecified atom stereocenters. The summed E-state index contributed by atoms with van der Waals surface area (Å²) in [5.41, 5.74) is 0.730. The van der Waals surface area contributed by atoms with Crippen LogP contribution in [0.25, 0.3) is 0 Å². The molecule has 1 aromatic heterocycles. The van der Waals surface area contributed by atoms with Gasteiger partial charge in [-0.15, -0.1) is 0 Å². The van der Waals surface area contributed by atoms with Crippen LogP contribution in [-0.2, 0) is 6.54 Å². The Morgan fingerprint density at radius 3 is 1.58 bits per heavy atom. The fraction of sp³-hybridized carbons (Fsp3) is 0.783. The molecule has 3 heteroatoms. The molecule has 0 amide bonds. The molecule has 26 heavy (non-hydrogen) atoms. The van der Waals surface area contributed by atoms with E-state index in [0.29, 0.717) is 6.54 Å². The third-order valence-corrected chi connectivity index (χ3v) is 5.24. The van der Waals surface area contributed by atoms with E-state index in [1.54, 1.807) is 12.1 Å². The van der Waals surface area contributed by atoms with E-state index in [0.717, 1.165) is 18.4 Å². The summed E-state index contributed by atoms with van der Waals surface area (Å²) in [4.78, 5) is 11.8. The normalized spacial score (nSPS) is 11.2. The molecule has 3 nitrogen and oxygen atoms in total. The lowest BCUT2D eigenvalue weighted by atomic mass is 10.0. The number of aromatic hydroxyl groups is 1. The van der Waals surface area contributed by atoms with Crippen molar-refractivity contribution in [1.82, 2.24) is 4.57 Å². The van der Waals surface area contributed by atoms with E-state index >= 15 is 0 Å². The van der Waals surface area contributed by atoms with Crippen molar-refractivity contribution in [1.29, 1.82) is 0 Å². The van der Waals surface area contributed by atoms with Crippen molar-refractivity contribution in [2.24, 2.45) is 0 Å². The maximum absolute atomic E-state index is 11.8. The number of pyridine rings is 1. The van der Waals surface area contributed by atoms with Gasteiger partial charge >= 0.3 is 0 Å². The van der Waals surface area contributed by atoms with Gasteiger partial charge < -0.3 is 5.11 Å². The SMILES string of the molecule is CCCCCCCCCCCCCCCCCn1c(O)cc(C)cc1=O. The molecule has 0 atom stereocenters. The predicted octanol–water partition coefficient (Wildman–Crippen LogP) is 6.73. The van der Waals surface area contributed by atoms with Crippen molar-refractivity contribution in [3.05, 3.63) is 28.0 Å². The fourth-order valence-corrected chi connectivity index (χ4v) is 3.57. The monoisotopic (exact) mass is 363 g/mol. The Bertz CT molecular complexity index is 521. The molecule has 0 aliphatic heterocycles. The topological polar surface area (TPSA) is 42.2 Å². The number of hydrogen-bond acceptors (Lipinski definition) is 2. The second kappa shape index (κ2) is 14.9. The van der Waals surface area contributed by atoms with Gasteiger partial charge in [-0.25, -0.2) is 0 Å². The van der Waals surface area contributed by atoms with Crippen molar-refractivity contribution in [2.45, 2.75) is 117 Å². The average Bonchev–Trinajstić information content (AvgIpc) is 2.60. The Labute approximate surface area is 160 Å². The maximum Gasteiger partial charge on any atom is 0.253 e. The largest absolute Gasteiger partial charge is 0.494 e. The lowest BCUT2D eigenvalue weighted by molar-refractivity contribution is 0.397. The lowest BCUT2D eigenvalue weighted by Crippen LogP contribution is -2.19. The van der Waals surface area contributed by atoms with Crippen molar-refractivity contribution in [2.75, 3.05) is 0 Å². The summed E-state index contributed by atoms with van der Waals surface area (Å²) in [6, 6.07) is 3.25. The number of hydrogen-bond donors (Lipinski definition) is 1. The van der Waals surface area contributed by atoms with Gasteiger partial charge in [-0.1, -0.05) is 96.8 Å². The Balaban J connectivity index is 1.89. The van der Waals surface area contributed by atoms with Crippen LogP contribution in [-0.4, -0.2) is 9.67 Å². The minimum absolute atomic E-state index is 0.0899. The second-order valence-electron chi connectivity index (χ2n) is 7.83. The van der Waals surface area contributed by atoms with Gasteiger partial charge in [0, 0.05) is 18.7 Å². The first-order valence-corrected chi connectivity index (χ1v) is 11.1. The van der Waals surface area contributed by atoms with Gasteiger partial charge in [0.2, 0.25) is 0 Å².